The molecule has 14 heteroatoms. The first-order valence-corrected chi connectivity index (χ1v) is 9.61. The highest BCUT2D eigenvalue weighted by Crippen LogP contribution is 2.14. The molecule has 2 fully saturated rings. The van der Waals surface area contributed by atoms with E-state index in [1.165, 1.54) is 14.2 Å². The standard InChI is InChI=1S/C18H26N4O10/c1-11(23)31-17(29-3)21-13(25)7-19(8-14(21)26)5-6-20-9-15(27)22(16(28)10-20)18(30-4)32-12(2)24/h17-18H,5-10H2,1-4H3. The molecule has 0 bridgehead atoms. The van der Waals surface area contributed by atoms with E-state index < -0.39 is 48.4 Å². The van der Waals surface area contributed by atoms with Crippen LogP contribution in [0.25, 0.3) is 0 Å². The number of hydrogen-bond donors (Lipinski definition) is 0. The molecule has 0 radical (unpaired) electrons. The molecule has 4 amide bonds. The fourth-order valence-corrected chi connectivity index (χ4v) is 3.23. The van der Waals surface area contributed by atoms with Gasteiger partial charge in [-0.25, -0.2) is 9.80 Å². The molecule has 0 aromatic heterocycles. The Morgan fingerprint density at radius 1 is 0.688 bits per heavy atom. The zero-order chi connectivity index (χ0) is 24.0. The van der Waals surface area contributed by atoms with Crippen molar-refractivity contribution in [1.82, 2.24) is 19.6 Å². The van der Waals surface area contributed by atoms with Crippen LogP contribution in [0.15, 0.2) is 0 Å². The van der Waals surface area contributed by atoms with Gasteiger partial charge in [-0.15, -0.1) is 0 Å². The third kappa shape index (κ3) is 6.29. The summed E-state index contributed by atoms with van der Waals surface area (Å²) in [4.78, 5) is 76.4. The monoisotopic (exact) mass is 458 g/mol. The lowest BCUT2D eigenvalue weighted by Crippen LogP contribution is -2.61. The number of hydrogen-bond acceptors (Lipinski definition) is 12. The van der Waals surface area contributed by atoms with Gasteiger partial charge < -0.3 is 18.9 Å². The van der Waals surface area contributed by atoms with Crippen molar-refractivity contribution in [1.29, 1.82) is 0 Å². The molecule has 2 saturated heterocycles. The molecule has 0 aliphatic carbocycles. The van der Waals surface area contributed by atoms with Crippen molar-refractivity contribution in [3.8, 4) is 0 Å². The molecule has 0 aromatic rings. The molecule has 178 valence electrons. The Labute approximate surface area is 183 Å². The molecule has 2 aliphatic heterocycles. The number of nitrogens with zero attached hydrogens (tertiary/aromatic N) is 4. The van der Waals surface area contributed by atoms with Gasteiger partial charge in [0.2, 0.25) is 23.6 Å². The highest BCUT2D eigenvalue weighted by atomic mass is 16.7. The smallest absolute Gasteiger partial charge is 0.306 e. The summed E-state index contributed by atoms with van der Waals surface area (Å²) in [5, 5.41) is 0. The molecular formula is C18H26N4O10. The Morgan fingerprint density at radius 3 is 1.19 bits per heavy atom. The summed E-state index contributed by atoms with van der Waals surface area (Å²) >= 11 is 0. The third-order valence-electron chi connectivity index (χ3n) is 4.60. The minimum Gasteiger partial charge on any atom is -0.416 e. The van der Waals surface area contributed by atoms with Gasteiger partial charge in [0.25, 0.3) is 12.8 Å². The minimum absolute atomic E-state index is 0.146. The van der Waals surface area contributed by atoms with E-state index >= 15 is 0 Å². The van der Waals surface area contributed by atoms with E-state index in [1.807, 2.05) is 0 Å². The molecule has 0 spiro atoms. The maximum atomic E-state index is 12.4. The summed E-state index contributed by atoms with van der Waals surface area (Å²) in [5.74, 6) is -3.88. The fourth-order valence-electron chi connectivity index (χ4n) is 3.23. The number of esters is 2. The summed E-state index contributed by atoms with van der Waals surface area (Å²) in [5.41, 5.74) is 0. The lowest BCUT2D eigenvalue weighted by molar-refractivity contribution is -0.219. The van der Waals surface area contributed by atoms with Gasteiger partial charge in [-0.2, -0.15) is 0 Å². The Kier molecular flexibility index (Phi) is 8.77. The van der Waals surface area contributed by atoms with Crippen LogP contribution in [0, 0.1) is 0 Å². The largest absolute Gasteiger partial charge is 0.416 e. The third-order valence-corrected chi connectivity index (χ3v) is 4.60. The summed E-state index contributed by atoms with van der Waals surface area (Å²) in [6.45, 7) is 2.10. The van der Waals surface area contributed by atoms with Crippen LogP contribution in [0.2, 0.25) is 0 Å². The summed E-state index contributed by atoms with van der Waals surface area (Å²) in [6.07, 6.45) is -2.88. The van der Waals surface area contributed by atoms with Crippen molar-refractivity contribution in [2.45, 2.75) is 26.7 Å². The van der Waals surface area contributed by atoms with Crippen molar-refractivity contribution in [2.75, 3.05) is 53.5 Å². The van der Waals surface area contributed by atoms with Crippen LogP contribution < -0.4 is 0 Å². The zero-order valence-corrected chi connectivity index (χ0v) is 18.3. The van der Waals surface area contributed by atoms with E-state index in [0.717, 1.165) is 23.6 Å². The van der Waals surface area contributed by atoms with Crippen molar-refractivity contribution >= 4 is 35.6 Å². The quantitative estimate of drug-likeness (QED) is 0.201. The highest BCUT2D eigenvalue weighted by Gasteiger charge is 2.40. The van der Waals surface area contributed by atoms with Gasteiger partial charge in [0.15, 0.2) is 0 Å². The number of carbonyl (C=O) groups is 6. The molecule has 0 N–H and O–H groups in total. The SMILES string of the molecule is COC(OC(C)=O)N1C(=O)CN(CCN2CC(=O)N(C(OC)OC(C)=O)C(=O)C2)CC1=O. The molecule has 2 heterocycles. The Hall–Kier alpha value is -2.94. The van der Waals surface area contributed by atoms with Crippen LogP contribution in [0.3, 0.4) is 0 Å². The van der Waals surface area contributed by atoms with Crippen LogP contribution in [0.1, 0.15) is 13.8 Å². The van der Waals surface area contributed by atoms with E-state index in [4.69, 9.17) is 18.9 Å². The molecule has 0 saturated carbocycles. The van der Waals surface area contributed by atoms with E-state index in [9.17, 15) is 28.8 Å². The number of methoxy groups -OCH3 is 2. The van der Waals surface area contributed by atoms with Crippen LogP contribution in [0.4, 0.5) is 0 Å². The number of rotatable bonds is 9. The minimum atomic E-state index is -1.44. The number of piperazine rings is 2. The average Bonchev–Trinajstić information content (AvgIpc) is 2.69. The highest BCUT2D eigenvalue weighted by molar-refractivity contribution is 6.00. The molecule has 32 heavy (non-hydrogen) atoms. The van der Waals surface area contributed by atoms with Crippen LogP contribution in [0.5, 0.6) is 0 Å². The van der Waals surface area contributed by atoms with Gasteiger partial charge in [0.05, 0.1) is 26.2 Å². The topological polar surface area (TPSA) is 152 Å². The van der Waals surface area contributed by atoms with E-state index in [-0.39, 0.29) is 39.3 Å². The number of ether oxygens (including phenoxy) is 4. The number of amides is 4. The van der Waals surface area contributed by atoms with Crippen molar-refractivity contribution in [3.63, 3.8) is 0 Å². The van der Waals surface area contributed by atoms with Gasteiger partial charge in [0, 0.05) is 41.2 Å². The fraction of sp³-hybridized carbons (Fsp3) is 0.667. The van der Waals surface area contributed by atoms with Crippen LogP contribution in [-0.2, 0) is 47.7 Å². The number of carbonyl (C=O) groups excluding carboxylic acids is 6. The van der Waals surface area contributed by atoms with Gasteiger partial charge in [0.1, 0.15) is 0 Å². The Balaban J connectivity index is 1.91. The lowest BCUT2D eigenvalue weighted by Gasteiger charge is -2.38. The summed E-state index contributed by atoms with van der Waals surface area (Å²) in [6, 6.07) is 0. The van der Waals surface area contributed by atoms with E-state index in [1.54, 1.807) is 9.80 Å². The zero-order valence-electron chi connectivity index (χ0n) is 18.3. The second-order valence-corrected chi connectivity index (χ2v) is 7.04. The molecule has 2 atom stereocenters. The molecule has 14 nitrogen and oxygen atoms in total. The first-order valence-electron chi connectivity index (χ1n) is 9.61. The lowest BCUT2D eigenvalue weighted by atomic mass is 10.2. The van der Waals surface area contributed by atoms with Gasteiger partial charge in [-0.1, -0.05) is 0 Å². The average molecular weight is 458 g/mol. The van der Waals surface area contributed by atoms with Gasteiger partial charge in [-0.3, -0.25) is 38.6 Å². The maximum absolute atomic E-state index is 12.4. The molecule has 2 unspecified atom stereocenters. The molecule has 0 aromatic carbocycles. The second-order valence-electron chi connectivity index (χ2n) is 7.04. The predicted molar refractivity (Wildman–Crippen MR) is 102 cm³/mol. The summed E-state index contributed by atoms with van der Waals surface area (Å²) in [7, 11) is 2.40. The first kappa shape index (κ1) is 25.3. The van der Waals surface area contributed by atoms with E-state index in [2.05, 4.69) is 0 Å². The van der Waals surface area contributed by atoms with Gasteiger partial charge >= 0.3 is 11.9 Å². The normalized spacial score (nSPS) is 20.4. The van der Waals surface area contributed by atoms with Crippen molar-refractivity contribution < 1.29 is 47.7 Å². The first-order chi connectivity index (χ1) is 15.1. The second kappa shape index (κ2) is 11.1. The van der Waals surface area contributed by atoms with E-state index in [0.29, 0.717) is 0 Å². The van der Waals surface area contributed by atoms with Crippen LogP contribution >= 0.6 is 0 Å². The Bertz CT molecular complexity index is 688. The van der Waals surface area contributed by atoms with Crippen molar-refractivity contribution in [3.05, 3.63) is 0 Å². The molecular weight excluding hydrogens is 432 g/mol. The molecule has 2 rings (SSSR count). The van der Waals surface area contributed by atoms with Crippen LogP contribution in [-0.4, -0.2) is 121 Å². The summed E-state index contributed by atoms with van der Waals surface area (Å²) < 4.78 is 19.5. The molecule has 2 aliphatic rings. The predicted octanol–water partition coefficient (Wildman–Crippen LogP) is -2.69. The Morgan fingerprint density at radius 2 is 0.969 bits per heavy atom. The number of imide groups is 2. The van der Waals surface area contributed by atoms with Crippen molar-refractivity contribution in [2.24, 2.45) is 0 Å². The maximum Gasteiger partial charge on any atom is 0.306 e. The van der Waals surface area contributed by atoms with Gasteiger partial charge in [-0.05, 0) is 0 Å².